The van der Waals surface area contributed by atoms with Crippen molar-refractivity contribution in [2.45, 2.75) is 0 Å². The molecule has 2 aromatic carbocycles. The minimum atomic E-state index is -1.09. The second-order valence-corrected chi connectivity index (χ2v) is 5.06. The fraction of sp³-hybridized carbons (Fsp3) is 0.0556. The minimum absolute atomic E-state index is 0. The number of carboxylic acids is 1. The molecule has 3 rings (SSSR count). The van der Waals surface area contributed by atoms with Gasteiger partial charge in [0.1, 0.15) is 16.9 Å². The van der Waals surface area contributed by atoms with Gasteiger partial charge in [-0.25, -0.2) is 9.59 Å². The second-order valence-electron chi connectivity index (χ2n) is 5.06. The van der Waals surface area contributed by atoms with Crippen molar-refractivity contribution >= 4 is 22.7 Å². The van der Waals surface area contributed by atoms with Gasteiger partial charge in [-0.05, 0) is 30.3 Å². The van der Waals surface area contributed by atoms with Gasteiger partial charge in [0.25, 0.3) is 0 Å². The van der Waals surface area contributed by atoms with Crippen LogP contribution in [0.3, 0.4) is 0 Å². The van der Waals surface area contributed by atoms with Crippen molar-refractivity contribution in [1.29, 1.82) is 0 Å². The summed E-state index contributed by atoms with van der Waals surface area (Å²) in [4.78, 5) is 35.4. The van der Waals surface area contributed by atoms with Crippen molar-refractivity contribution < 1.29 is 54.8 Å². The summed E-state index contributed by atoms with van der Waals surface area (Å²) in [5, 5.41) is 9.46. The number of benzene rings is 2. The van der Waals surface area contributed by atoms with Crippen molar-refractivity contribution in [3.05, 3.63) is 75.6 Å². The molecule has 0 unspecified atom stereocenters. The van der Waals surface area contributed by atoms with E-state index in [9.17, 15) is 14.4 Å². The fourth-order valence-corrected chi connectivity index (χ4v) is 2.30. The predicted octanol–water partition coefficient (Wildman–Crippen LogP) is -0.153. The van der Waals surface area contributed by atoms with Gasteiger partial charge in [-0.3, -0.25) is 4.79 Å². The largest absolute Gasteiger partial charge is 1.00 e. The van der Waals surface area contributed by atoms with Crippen LogP contribution in [0.25, 0.3) is 11.0 Å². The molecule has 0 aliphatic carbocycles. The number of carboxylic acid groups (broad SMARTS) is 1. The Hall–Kier alpha value is -2.41. The molecule has 0 aliphatic heterocycles. The van der Waals surface area contributed by atoms with Crippen LogP contribution in [0, 0.1) is 0 Å². The van der Waals surface area contributed by atoms with Gasteiger partial charge in [-0.1, -0.05) is 12.1 Å². The summed E-state index contributed by atoms with van der Waals surface area (Å²) in [6.45, 7) is 0. The molecule has 0 bridgehead atoms. The van der Waals surface area contributed by atoms with Crippen molar-refractivity contribution in [2.24, 2.45) is 0 Å². The number of fused-ring (bicyclic) bond motifs is 1. The molecule has 0 amide bonds. The number of aromatic carboxylic acids is 1. The van der Waals surface area contributed by atoms with Crippen LogP contribution < -0.4 is 39.9 Å². The molecule has 122 valence electrons. The molecule has 0 radical (unpaired) electrons. The van der Waals surface area contributed by atoms with Gasteiger partial charge in [-0.15, -0.1) is 0 Å². The Morgan fingerprint density at radius 3 is 2.28 bits per heavy atom. The number of hydrogen-bond donors (Lipinski definition) is 1. The maximum Gasteiger partial charge on any atom is 1.00 e. The molecule has 7 heteroatoms. The SMILES string of the molecule is COc1ccc2cc(C(=O)c3ccc(C(=O)O)cc3)c(=O)oc2c1.[H-].[Na+]. The first-order valence-corrected chi connectivity index (χ1v) is 6.99. The zero-order valence-corrected chi connectivity index (χ0v) is 15.6. The predicted molar refractivity (Wildman–Crippen MR) is 87.0 cm³/mol. The van der Waals surface area contributed by atoms with E-state index in [4.69, 9.17) is 14.3 Å². The number of hydrogen-bond acceptors (Lipinski definition) is 5. The molecule has 1 heterocycles. The number of methoxy groups -OCH3 is 1. The Balaban J connectivity index is 0.00000169. The Kier molecular flexibility index (Phi) is 5.79. The first-order valence-electron chi connectivity index (χ1n) is 6.99. The Labute approximate surface area is 165 Å². The minimum Gasteiger partial charge on any atom is -1.00 e. The average molecular weight is 348 g/mol. The first kappa shape index (κ1) is 18.9. The number of ether oxygens (including phenoxy) is 1. The monoisotopic (exact) mass is 348 g/mol. The van der Waals surface area contributed by atoms with Crippen LogP contribution in [-0.4, -0.2) is 24.0 Å². The third-order valence-corrected chi connectivity index (χ3v) is 3.58. The van der Waals surface area contributed by atoms with Crippen molar-refractivity contribution in [3.8, 4) is 5.75 Å². The molecule has 0 fully saturated rings. The van der Waals surface area contributed by atoms with E-state index < -0.39 is 17.4 Å². The summed E-state index contributed by atoms with van der Waals surface area (Å²) in [6.07, 6.45) is 0. The van der Waals surface area contributed by atoms with Gasteiger partial charge in [0.2, 0.25) is 0 Å². The van der Waals surface area contributed by atoms with Gasteiger partial charge in [-0.2, -0.15) is 0 Å². The van der Waals surface area contributed by atoms with Crippen molar-refractivity contribution in [1.82, 2.24) is 0 Å². The molecule has 3 aromatic rings. The average Bonchev–Trinajstić information content (AvgIpc) is 2.60. The molecule has 1 N–H and O–H groups in total. The topological polar surface area (TPSA) is 93.8 Å². The molecule has 1 aromatic heterocycles. The molecule has 0 spiro atoms. The third kappa shape index (κ3) is 3.82. The molecule has 0 saturated heterocycles. The number of rotatable bonds is 4. The van der Waals surface area contributed by atoms with Crippen LogP contribution in [0.4, 0.5) is 0 Å². The third-order valence-electron chi connectivity index (χ3n) is 3.58. The van der Waals surface area contributed by atoms with Crippen LogP contribution in [-0.2, 0) is 0 Å². The van der Waals surface area contributed by atoms with Gasteiger partial charge in [0.05, 0.1) is 12.7 Å². The van der Waals surface area contributed by atoms with Crippen molar-refractivity contribution in [3.63, 3.8) is 0 Å². The van der Waals surface area contributed by atoms with Crippen LogP contribution in [0.15, 0.2) is 57.7 Å². The first-order chi connectivity index (χ1) is 11.5. The van der Waals surface area contributed by atoms with E-state index in [2.05, 4.69) is 0 Å². The van der Waals surface area contributed by atoms with Gasteiger partial charge < -0.3 is 15.7 Å². The van der Waals surface area contributed by atoms with Gasteiger partial charge in [0.15, 0.2) is 5.78 Å². The summed E-state index contributed by atoms with van der Waals surface area (Å²) < 4.78 is 10.3. The van der Waals surface area contributed by atoms with E-state index in [1.54, 1.807) is 18.2 Å². The van der Waals surface area contributed by atoms with Gasteiger partial charge >= 0.3 is 41.2 Å². The zero-order chi connectivity index (χ0) is 17.3. The molecule has 0 atom stereocenters. The maximum absolute atomic E-state index is 12.5. The number of carbonyl (C=O) groups is 2. The van der Waals surface area contributed by atoms with E-state index in [0.29, 0.717) is 16.7 Å². The Morgan fingerprint density at radius 2 is 1.68 bits per heavy atom. The fourth-order valence-electron chi connectivity index (χ4n) is 2.30. The standard InChI is InChI=1S/C18H12O6.Na.H/c1-23-13-7-6-12-8-14(18(22)24-15(12)9-13)16(19)10-2-4-11(5-3-10)17(20)21;;/h2-9H,1H3,(H,20,21);;/q;+1;-1. The van der Waals surface area contributed by atoms with E-state index in [-0.39, 0.29) is 47.7 Å². The van der Waals surface area contributed by atoms with E-state index in [1.165, 1.54) is 37.4 Å². The second kappa shape index (κ2) is 7.65. The van der Waals surface area contributed by atoms with E-state index in [1.807, 2.05) is 0 Å². The summed E-state index contributed by atoms with van der Waals surface area (Å²) >= 11 is 0. The van der Waals surface area contributed by atoms with Gasteiger partial charge in [0, 0.05) is 17.0 Å². The van der Waals surface area contributed by atoms with E-state index in [0.717, 1.165) is 0 Å². The molecular formula is C18H13NaO6. The van der Waals surface area contributed by atoms with Crippen LogP contribution in [0.2, 0.25) is 0 Å². The maximum atomic E-state index is 12.5. The molecule has 0 saturated carbocycles. The number of ketones is 1. The molecular weight excluding hydrogens is 335 g/mol. The van der Waals surface area contributed by atoms with Crippen LogP contribution in [0.1, 0.15) is 27.7 Å². The molecule has 0 aliphatic rings. The smallest absolute Gasteiger partial charge is 1.00 e. The summed E-state index contributed by atoms with van der Waals surface area (Å²) in [7, 11) is 1.50. The summed E-state index contributed by atoms with van der Waals surface area (Å²) in [5.41, 5.74) is -0.291. The van der Waals surface area contributed by atoms with E-state index >= 15 is 0 Å². The molecule has 25 heavy (non-hydrogen) atoms. The molecule has 6 nitrogen and oxygen atoms in total. The van der Waals surface area contributed by atoms with Crippen LogP contribution >= 0.6 is 0 Å². The Morgan fingerprint density at radius 1 is 1.04 bits per heavy atom. The van der Waals surface area contributed by atoms with Crippen LogP contribution in [0.5, 0.6) is 5.75 Å². The van der Waals surface area contributed by atoms with Crippen molar-refractivity contribution in [2.75, 3.05) is 7.11 Å². The Bertz CT molecular complexity index is 1010. The number of carbonyl (C=O) groups excluding carboxylic acids is 1. The normalized spacial score (nSPS) is 10.1. The zero-order valence-electron chi connectivity index (χ0n) is 14.6. The quantitative estimate of drug-likeness (QED) is 0.400. The summed E-state index contributed by atoms with van der Waals surface area (Å²) in [5.74, 6) is -1.08. The summed E-state index contributed by atoms with van der Waals surface area (Å²) in [6, 6.07) is 11.7.